The topological polar surface area (TPSA) is 79.2 Å². The molecule has 5 N–H and O–H groups in total. The van der Waals surface area contributed by atoms with Gasteiger partial charge in [0.2, 0.25) is 6.41 Å². The molecule has 5 nitrogen and oxygen atoms in total. The fourth-order valence-electron chi connectivity index (χ4n) is 0.955. The molecule has 0 fully saturated rings. The molecule has 0 heterocycles. The first-order valence-corrected chi connectivity index (χ1v) is 4.75. The smallest absolute Gasteiger partial charge is 0.207 e. The highest BCUT2D eigenvalue weighted by Crippen LogP contribution is 1.89. The lowest BCUT2D eigenvalue weighted by molar-refractivity contribution is -0.110. The Morgan fingerprint density at radius 3 is 2.86 bits per heavy atom. The van der Waals surface area contributed by atoms with E-state index in [-0.39, 0.29) is 6.04 Å². The van der Waals surface area contributed by atoms with Crippen LogP contribution in [0.2, 0.25) is 0 Å². The van der Waals surface area contributed by atoms with Gasteiger partial charge >= 0.3 is 0 Å². The van der Waals surface area contributed by atoms with Crippen molar-refractivity contribution in [1.29, 1.82) is 0 Å². The molecule has 0 aromatic heterocycles. The second-order valence-electron chi connectivity index (χ2n) is 3.22. The number of hydrogen-bond donors (Lipinski definition) is 4. The Kier molecular flexibility index (Phi) is 7.87. The molecule has 0 bridgehead atoms. The normalized spacial score (nSPS) is 11.9. The molecular weight excluding hydrogens is 180 g/mol. The lowest BCUT2D eigenvalue weighted by Gasteiger charge is -2.10. The zero-order chi connectivity index (χ0) is 10.8. The van der Waals surface area contributed by atoms with Crippen molar-refractivity contribution < 1.29 is 4.79 Å². The van der Waals surface area contributed by atoms with Crippen LogP contribution in [0.15, 0.2) is 12.3 Å². The molecule has 0 radical (unpaired) electrons. The molecule has 5 heteroatoms. The van der Waals surface area contributed by atoms with Gasteiger partial charge in [0.05, 0.1) is 0 Å². The van der Waals surface area contributed by atoms with E-state index in [9.17, 15) is 4.79 Å². The molecule has 0 rings (SSSR count). The largest absolute Gasteiger partial charge is 0.356 e. The van der Waals surface area contributed by atoms with Gasteiger partial charge < -0.3 is 16.1 Å². The van der Waals surface area contributed by atoms with Crippen LogP contribution in [0.1, 0.15) is 19.8 Å². The number of carbonyl (C=O) groups is 1. The van der Waals surface area contributed by atoms with Crippen LogP contribution in [0.25, 0.3) is 0 Å². The van der Waals surface area contributed by atoms with Crippen molar-refractivity contribution in [2.45, 2.75) is 25.8 Å². The first kappa shape index (κ1) is 12.9. The summed E-state index contributed by atoms with van der Waals surface area (Å²) in [4.78, 5) is 10.1. The lowest BCUT2D eigenvalue weighted by Crippen LogP contribution is -2.30. The van der Waals surface area contributed by atoms with Gasteiger partial charge in [0.25, 0.3) is 0 Å². The van der Waals surface area contributed by atoms with Crippen LogP contribution >= 0.6 is 0 Å². The second-order valence-corrected chi connectivity index (χ2v) is 3.22. The molecule has 1 amide bonds. The number of nitrogens with two attached hydrogens (primary N) is 1. The van der Waals surface area contributed by atoms with Crippen LogP contribution in [0, 0.1) is 0 Å². The first-order chi connectivity index (χ1) is 6.70. The van der Waals surface area contributed by atoms with Crippen molar-refractivity contribution in [3.8, 4) is 0 Å². The number of amides is 1. The predicted molar refractivity (Wildman–Crippen MR) is 57.2 cm³/mol. The molecule has 0 saturated carbocycles. The summed E-state index contributed by atoms with van der Waals surface area (Å²) in [7, 11) is 0. The molecule has 0 aliphatic carbocycles. The third-order valence-electron chi connectivity index (χ3n) is 1.91. The number of hydrogen-bond acceptors (Lipinski definition) is 4. The third-order valence-corrected chi connectivity index (χ3v) is 1.91. The van der Waals surface area contributed by atoms with Crippen LogP contribution in [0.5, 0.6) is 0 Å². The molecule has 0 aliphatic heterocycles. The van der Waals surface area contributed by atoms with Crippen molar-refractivity contribution in [2.75, 3.05) is 13.1 Å². The molecule has 0 aromatic rings. The Balaban J connectivity index is 3.20. The van der Waals surface area contributed by atoms with Gasteiger partial charge in [-0.15, -0.1) is 0 Å². The molecule has 0 aromatic carbocycles. The maximum absolute atomic E-state index is 10.1. The van der Waals surface area contributed by atoms with Gasteiger partial charge in [0.1, 0.15) is 0 Å². The molecule has 1 atom stereocenters. The van der Waals surface area contributed by atoms with Crippen molar-refractivity contribution >= 4 is 6.41 Å². The van der Waals surface area contributed by atoms with Crippen molar-refractivity contribution in [2.24, 2.45) is 5.84 Å². The van der Waals surface area contributed by atoms with Gasteiger partial charge in [-0.1, -0.05) is 6.58 Å². The summed E-state index contributed by atoms with van der Waals surface area (Å²) >= 11 is 0. The molecule has 1 unspecified atom stereocenters. The maximum atomic E-state index is 10.1. The molecule has 0 aliphatic rings. The lowest BCUT2D eigenvalue weighted by atomic mass is 10.2. The fourth-order valence-corrected chi connectivity index (χ4v) is 0.955. The van der Waals surface area contributed by atoms with E-state index in [1.54, 1.807) is 0 Å². The minimum absolute atomic E-state index is 0.218. The van der Waals surface area contributed by atoms with Crippen LogP contribution in [0.4, 0.5) is 0 Å². The van der Waals surface area contributed by atoms with E-state index < -0.39 is 0 Å². The van der Waals surface area contributed by atoms with Crippen LogP contribution in [-0.2, 0) is 4.79 Å². The van der Waals surface area contributed by atoms with Crippen molar-refractivity contribution in [3.05, 3.63) is 12.3 Å². The summed E-state index contributed by atoms with van der Waals surface area (Å²) < 4.78 is 0. The Morgan fingerprint density at radius 2 is 2.29 bits per heavy atom. The Labute approximate surface area is 85.1 Å². The van der Waals surface area contributed by atoms with Gasteiger partial charge in [-0.25, -0.2) is 0 Å². The van der Waals surface area contributed by atoms with Crippen molar-refractivity contribution in [1.82, 2.24) is 16.1 Å². The van der Waals surface area contributed by atoms with E-state index in [1.807, 2.05) is 6.92 Å². The Morgan fingerprint density at radius 1 is 1.57 bits per heavy atom. The SMILES string of the molecule is C=C(CCNCCC(C)NC=O)NN. The number of hydrazine groups is 1. The van der Waals surface area contributed by atoms with E-state index >= 15 is 0 Å². The summed E-state index contributed by atoms with van der Waals surface area (Å²) in [6, 6.07) is 0.218. The van der Waals surface area contributed by atoms with E-state index in [1.165, 1.54) is 0 Å². The van der Waals surface area contributed by atoms with Crippen LogP contribution in [0.3, 0.4) is 0 Å². The van der Waals surface area contributed by atoms with Gasteiger partial charge in [0.15, 0.2) is 0 Å². The maximum Gasteiger partial charge on any atom is 0.207 e. The number of carbonyl (C=O) groups excluding carboxylic acids is 1. The first-order valence-electron chi connectivity index (χ1n) is 4.75. The third kappa shape index (κ3) is 7.57. The second kappa shape index (κ2) is 8.52. The molecule has 0 spiro atoms. The zero-order valence-electron chi connectivity index (χ0n) is 8.68. The summed E-state index contributed by atoms with van der Waals surface area (Å²) in [5.41, 5.74) is 3.31. The van der Waals surface area contributed by atoms with E-state index in [0.29, 0.717) is 0 Å². The van der Waals surface area contributed by atoms with E-state index in [4.69, 9.17) is 5.84 Å². The number of nitrogens with one attached hydrogen (secondary N) is 3. The summed E-state index contributed by atoms with van der Waals surface area (Å²) in [6.07, 6.45) is 2.46. The van der Waals surface area contributed by atoms with Gasteiger partial charge in [0, 0.05) is 24.7 Å². The highest BCUT2D eigenvalue weighted by Gasteiger charge is 1.98. The van der Waals surface area contributed by atoms with Gasteiger partial charge in [-0.05, 0) is 19.9 Å². The van der Waals surface area contributed by atoms with Crippen LogP contribution in [-0.4, -0.2) is 25.5 Å². The van der Waals surface area contributed by atoms with Gasteiger partial charge in [-0.3, -0.25) is 10.6 Å². The standard InChI is InChI=1S/C9H20N4O/c1-8(12-7-14)3-5-11-6-4-9(2)13-10/h7-8,11,13H,2-6,10H2,1H3,(H,12,14). The van der Waals surface area contributed by atoms with Crippen molar-refractivity contribution in [3.63, 3.8) is 0 Å². The number of rotatable bonds is 9. The minimum atomic E-state index is 0.218. The average molecular weight is 200 g/mol. The molecule has 14 heavy (non-hydrogen) atoms. The summed E-state index contributed by atoms with van der Waals surface area (Å²) in [6.45, 7) is 7.39. The van der Waals surface area contributed by atoms with E-state index in [0.717, 1.165) is 38.0 Å². The van der Waals surface area contributed by atoms with Gasteiger partial charge in [-0.2, -0.15) is 0 Å². The highest BCUT2D eigenvalue weighted by atomic mass is 16.1. The Bertz CT molecular complexity index is 172. The van der Waals surface area contributed by atoms with Crippen LogP contribution < -0.4 is 21.9 Å². The monoisotopic (exact) mass is 200 g/mol. The quantitative estimate of drug-likeness (QED) is 0.175. The fraction of sp³-hybridized carbons (Fsp3) is 0.667. The zero-order valence-corrected chi connectivity index (χ0v) is 8.68. The highest BCUT2D eigenvalue weighted by molar-refractivity contribution is 5.46. The van der Waals surface area contributed by atoms with E-state index in [2.05, 4.69) is 22.6 Å². The molecule has 0 saturated heterocycles. The average Bonchev–Trinajstić information content (AvgIpc) is 2.17. The Hall–Kier alpha value is -1.07. The molecular formula is C9H20N4O. The summed E-state index contributed by atoms with van der Waals surface area (Å²) in [5, 5.41) is 5.91. The summed E-state index contributed by atoms with van der Waals surface area (Å²) in [5.74, 6) is 5.15. The predicted octanol–water partition coefficient (Wildman–Crippen LogP) is -0.532. The molecule has 82 valence electrons. The minimum Gasteiger partial charge on any atom is -0.356 e.